The molecule has 1 aliphatic rings. The Bertz CT molecular complexity index is 407. The predicted molar refractivity (Wildman–Crippen MR) is 74.8 cm³/mol. The molecule has 2 rings (SSSR count). The van der Waals surface area contributed by atoms with Crippen molar-refractivity contribution >= 4 is 5.78 Å². The molecular formula is C16H22FNO. The summed E-state index contributed by atoms with van der Waals surface area (Å²) in [6.45, 7) is 4.98. The SMILES string of the molecule is CC(CN1CCCCCC1)C(=O)c1ccc(F)cc1. The number of ketones is 1. The summed E-state index contributed by atoms with van der Waals surface area (Å²) in [4.78, 5) is 14.7. The van der Waals surface area contributed by atoms with E-state index in [1.807, 2.05) is 6.92 Å². The summed E-state index contributed by atoms with van der Waals surface area (Å²) in [5.41, 5.74) is 0.615. The summed E-state index contributed by atoms with van der Waals surface area (Å²) in [7, 11) is 0. The summed E-state index contributed by atoms with van der Waals surface area (Å²) in [5.74, 6) is -0.204. The van der Waals surface area contributed by atoms with Crippen LogP contribution in [-0.2, 0) is 0 Å². The summed E-state index contributed by atoms with van der Waals surface area (Å²) >= 11 is 0. The van der Waals surface area contributed by atoms with Gasteiger partial charge in [0.05, 0.1) is 0 Å². The zero-order valence-corrected chi connectivity index (χ0v) is 11.6. The quantitative estimate of drug-likeness (QED) is 0.775. The number of rotatable bonds is 4. The lowest BCUT2D eigenvalue weighted by molar-refractivity contribution is 0.0895. The van der Waals surface area contributed by atoms with Crippen molar-refractivity contribution in [2.24, 2.45) is 5.92 Å². The molecule has 1 aromatic carbocycles. The molecule has 0 aromatic heterocycles. The second kappa shape index (κ2) is 6.80. The van der Waals surface area contributed by atoms with Crippen molar-refractivity contribution in [1.29, 1.82) is 0 Å². The Morgan fingerprint density at radius 1 is 1.16 bits per heavy atom. The van der Waals surface area contributed by atoms with Crippen LogP contribution < -0.4 is 0 Å². The van der Waals surface area contributed by atoms with E-state index in [-0.39, 0.29) is 17.5 Å². The zero-order chi connectivity index (χ0) is 13.7. The van der Waals surface area contributed by atoms with Gasteiger partial charge in [-0.25, -0.2) is 4.39 Å². The fourth-order valence-electron chi connectivity index (χ4n) is 2.69. The minimum Gasteiger partial charge on any atom is -0.303 e. The van der Waals surface area contributed by atoms with Crippen LogP contribution in [-0.4, -0.2) is 30.3 Å². The Balaban J connectivity index is 1.92. The van der Waals surface area contributed by atoms with Crippen LogP contribution in [0.2, 0.25) is 0 Å². The molecule has 0 radical (unpaired) electrons. The lowest BCUT2D eigenvalue weighted by Gasteiger charge is -2.23. The van der Waals surface area contributed by atoms with Gasteiger partial charge in [0.1, 0.15) is 5.82 Å². The summed E-state index contributed by atoms with van der Waals surface area (Å²) in [6, 6.07) is 5.87. The largest absolute Gasteiger partial charge is 0.303 e. The standard InChI is InChI=1S/C16H22FNO/c1-13(12-18-10-4-2-3-5-11-18)16(19)14-6-8-15(17)9-7-14/h6-9,13H,2-5,10-12H2,1H3. The van der Waals surface area contributed by atoms with Crippen LogP contribution in [0.4, 0.5) is 4.39 Å². The molecule has 19 heavy (non-hydrogen) atoms. The van der Waals surface area contributed by atoms with Gasteiger partial charge in [0.15, 0.2) is 5.78 Å². The van der Waals surface area contributed by atoms with Gasteiger partial charge in [-0.3, -0.25) is 4.79 Å². The summed E-state index contributed by atoms with van der Waals surface area (Å²) in [6.07, 6.45) is 5.07. The number of carbonyl (C=O) groups excluding carboxylic acids is 1. The predicted octanol–water partition coefficient (Wildman–Crippen LogP) is 3.52. The summed E-state index contributed by atoms with van der Waals surface area (Å²) in [5, 5.41) is 0. The maximum Gasteiger partial charge on any atom is 0.166 e. The molecule has 0 amide bonds. The first-order valence-electron chi connectivity index (χ1n) is 7.19. The first-order valence-corrected chi connectivity index (χ1v) is 7.19. The van der Waals surface area contributed by atoms with E-state index in [1.165, 1.54) is 37.8 Å². The zero-order valence-electron chi connectivity index (χ0n) is 11.6. The third kappa shape index (κ3) is 4.13. The highest BCUT2D eigenvalue weighted by Crippen LogP contribution is 2.15. The molecule has 1 aromatic rings. The fraction of sp³-hybridized carbons (Fsp3) is 0.562. The van der Waals surface area contributed by atoms with Crippen LogP contribution in [0.5, 0.6) is 0 Å². The Morgan fingerprint density at radius 3 is 2.32 bits per heavy atom. The molecule has 1 unspecified atom stereocenters. The molecule has 0 saturated carbocycles. The van der Waals surface area contributed by atoms with Crippen LogP contribution >= 0.6 is 0 Å². The van der Waals surface area contributed by atoms with Crippen molar-refractivity contribution in [2.45, 2.75) is 32.6 Å². The van der Waals surface area contributed by atoms with Gasteiger partial charge in [-0.05, 0) is 50.2 Å². The van der Waals surface area contributed by atoms with E-state index in [0.29, 0.717) is 5.56 Å². The molecule has 2 nitrogen and oxygen atoms in total. The molecule has 104 valence electrons. The van der Waals surface area contributed by atoms with E-state index in [1.54, 1.807) is 12.1 Å². The molecule has 0 spiro atoms. The molecule has 1 atom stereocenters. The molecule has 1 heterocycles. The van der Waals surface area contributed by atoms with E-state index in [9.17, 15) is 9.18 Å². The molecule has 1 fully saturated rings. The number of hydrogen-bond acceptors (Lipinski definition) is 2. The normalized spacial score (nSPS) is 18.8. The molecular weight excluding hydrogens is 241 g/mol. The Labute approximate surface area is 114 Å². The van der Waals surface area contributed by atoms with Gasteiger partial charge in [-0.1, -0.05) is 19.8 Å². The number of Topliss-reactive ketones (excluding diaryl/α,β-unsaturated/α-hetero) is 1. The van der Waals surface area contributed by atoms with E-state index in [0.717, 1.165) is 19.6 Å². The number of nitrogens with zero attached hydrogens (tertiary/aromatic N) is 1. The Hall–Kier alpha value is -1.22. The second-order valence-corrected chi connectivity index (χ2v) is 5.49. The second-order valence-electron chi connectivity index (χ2n) is 5.49. The lowest BCUT2D eigenvalue weighted by Crippen LogP contribution is -2.32. The Morgan fingerprint density at radius 2 is 1.74 bits per heavy atom. The van der Waals surface area contributed by atoms with Gasteiger partial charge in [-0.2, -0.15) is 0 Å². The average molecular weight is 263 g/mol. The van der Waals surface area contributed by atoms with Gasteiger partial charge in [0.25, 0.3) is 0 Å². The smallest absolute Gasteiger partial charge is 0.166 e. The van der Waals surface area contributed by atoms with Crippen molar-refractivity contribution in [3.63, 3.8) is 0 Å². The highest BCUT2D eigenvalue weighted by atomic mass is 19.1. The van der Waals surface area contributed by atoms with Gasteiger partial charge >= 0.3 is 0 Å². The highest BCUT2D eigenvalue weighted by Gasteiger charge is 2.19. The molecule has 1 aliphatic heterocycles. The van der Waals surface area contributed by atoms with Crippen LogP contribution in [0.3, 0.4) is 0 Å². The maximum absolute atomic E-state index is 12.8. The number of hydrogen-bond donors (Lipinski definition) is 0. The number of likely N-dealkylation sites (tertiary alicyclic amines) is 1. The van der Waals surface area contributed by atoms with Crippen molar-refractivity contribution in [3.05, 3.63) is 35.6 Å². The van der Waals surface area contributed by atoms with Gasteiger partial charge in [0.2, 0.25) is 0 Å². The van der Waals surface area contributed by atoms with Crippen LogP contribution in [0.25, 0.3) is 0 Å². The van der Waals surface area contributed by atoms with Crippen molar-refractivity contribution in [3.8, 4) is 0 Å². The fourth-order valence-corrected chi connectivity index (χ4v) is 2.69. The topological polar surface area (TPSA) is 20.3 Å². The van der Waals surface area contributed by atoms with E-state index in [4.69, 9.17) is 0 Å². The average Bonchev–Trinajstić information content (AvgIpc) is 2.67. The van der Waals surface area contributed by atoms with E-state index in [2.05, 4.69) is 4.90 Å². The monoisotopic (exact) mass is 263 g/mol. The minimum atomic E-state index is -0.295. The molecule has 1 saturated heterocycles. The van der Waals surface area contributed by atoms with Crippen LogP contribution in [0.1, 0.15) is 43.0 Å². The molecule has 0 N–H and O–H groups in total. The highest BCUT2D eigenvalue weighted by molar-refractivity contribution is 5.97. The minimum absolute atomic E-state index is 0.0245. The number of benzene rings is 1. The summed E-state index contributed by atoms with van der Waals surface area (Å²) < 4.78 is 12.8. The van der Waals surface area contributed by atoms with Crippen molar-refractivity contribution in [2.75, 3.05) is 19.6 Å². The van der Waals surface area contributed by atoms with Gasteiger partial charge in [-0.15, -0.1) is 0 Å². The van der Waals surface area contributed by atoms with Gasteiger partial charge < -0.3 is 4.90 Å². The Kier molecular flexibility index (Phi) is 5.08. The third-order valence-electron chi connectivity index (χ3n) is 3.81. The maximum atomic E-state index is 12.8. The van der Waals surface area contributed by atoms with E-state index >= 15 is 0 Å². The lowest BCUT2D eigenvalue weighted by atomic mass is 9.98. The third-order valence-corrected chi connectivity index (χ3v) is 3.81. The number of halogens is 1. The first-order chi connectivity index (χ1) is 9.16. The number of carbonyl (C=O) groups is 1. The van der Waals surface area contributed by atoms with Crippen LogP contribution in [0.15, 0.2) is 24.3 Å². The van der Waals surface area contributed by atoms with E-state index < -0.39 is 0 Å². The van der Waals surface area contributed by atoms with Crippen molar-refractivity contribution in [1.82, 2.24) is 4.90 Å². The molecule has 0 aliphatic carbocycles. The first kappa shape index (κ1) is 14.2. The molecule has 0 bridgehead atoms. The van der Waals surface area contributed by atoms with Crippen LogP contribution in [0, 0.1) is 11.7 Å². The molecule has 3 heteroatoms. The van der Waals surface area contributed by atoms with Crippen molar-refractivity contribution < 1.29 is 9.18 Å². The van der Waals surface area contributed by atoms with Gasteiger partial charge in [0, 0.05) is 18.0 Å².